The number of carbonyl (C=O) groups is 1. The van der Waals surface area contributed by atoms with E-state index in [1.54, 1.807) is 17.6 Å². The minimum Gasteiger partial charge on any atom is -0.465 e. The molecule has 11 heteroatoms. The zero-order chi connectivity index (χ0) is 16.2. The van der Waals surface area contributed by atoms with Crippen molar-refractivity contribution < 1.29 is 9.90 Å². The number of aryl methyl sites for hydroxylation is 1. The molecule has 3 aromatic rings. The van der Waals surface area contributed by atoms with Crippen LogP contribution in [-0.4, -0.2) is 53.6 Å². The van der Waals surface area contributed by atoms with Gasteiger partial charge in [0.15, 0.2) is 5.82 Å². The molecule has 0 bridgehead atoms. The topological polar surface area (TPSA) is 121 Å². The molecule has 1 amide bonds. The fourth-order valence-corrected chi connectivity index (χ4v) is 2.99. The number of nitrogens with zero attached hydrogens (tertiary/aromatic N) is 6. The van der Waals surface area contributed by atoms with E-state index >= 15 is 0 Å². The van der Waals surface area contributed by atoms with Crippen molar-refractivity contribution in [1.29, 1.82) is 0 Å². The number of nitrogens with one attached hydrogen (secondary N) is 1. The van der Waals surface area contributed by atoms with Gasteiger partial charge in [0.2, 0.25) is 0 Å². The molecule has 2 N–H and O–H groups in total. The zero-order valence-electron chi connectivity index (χ0n) is 11.8. The van der Waals surface area contributed by atoms with E-state index in [-0.39, 0.29) is 11.8 Å². The molecule has 9 nitrogen and oxygen atoms in total. The summed E-state index contributed by atoms with van der Waals surface area (Å²) < 4.78 is 0. The third-order valence-corrected chi connectivity index (χ3v) is 4.33. The van der Waals surface area contributed by atoms with Gasteiger partial charge in [-0.05, 0) is 18.6 Å². The van der Waals surface area contributed by atoms with Crippen LogP contribution in [0.1, 0.15) is 12.2 Å². The monoisotopic (exact) mass is 351 g/mol. The highest BCUT2D eigenvalue weighted by Gasteiger charge is 2.20. The van der Waals surface area contributed by atoms with Crippen LogP contribution in [0, 0.1) is 0 Å². The number of H-pyrrole nitrogens is 1. The minimum absolute atomic E-state index is 0.177. The van der Waals surface area contributed by atoms with E-state index in [4.69, 9.17) is 0 Å². The lowest BCUT2D eigenvalue weighted by Crippen LogP contribution is -2.35. The Morgan fingerprint density at radius 1 is 1.48 bits per heavy atom. The number of aromatic amines is 1. The van der Waals surface area contributed by atoms with Crippen LogP contribution in [0.2, 0.25) is 0 Å². The van der Waals surface area contributed by atoms with E-state index in [9.17, 15) is 9.90 Å². The second kappa shape index (κ2) is 6.87. The molecule has 1 unspecified atom stereocenters. The van der Waals surface area contributed by atoms with Gasteiger partial charge in [-0.3, -0.25) is 4.90 Å². The Kier molecular flexibility index (Phi) is 4.67. The number of fused-ring (bicyclic) bond motifs is 1. The highest BCUT2D eigenvalue weighted by molar-refractivity contribution is 7.81. The minimum atomic E-state index is -1.07. The summed E-state index contributed by atoms with van der Waals surface area (Å²) in [6.45, 7) is 0.216. The molecule has 0 fully saturated rings. The van der Waals surface area contributed by atoms with Crippen molar-refractivity contribution in [3.05, 3.63) is 23.5 Å². The molecule has 23 heavy (non-hydrogen) atoms. The Balaban J connectivity index is 1.69. The maximum Gasteiger partial charge on any atom is 0.413 e. The number of aromatic nitrogens is 6. The van der Waals surface area contributed by atoms with Crippen molar-refractivity contribution in [2.45, 2.75) is 18.1 Å². The van der Waals surface area contributed by atoms with E-state index in [2.05, 4.69) is 43.2 Å². The first-order valence-electron chi connectivity index (χ1n) is 6.74. The predicted octanol–water partition coefficient (Wildman–Crippen LogP) is 1.62. The molecular formula is C12H13N7O2S2. The second-order valence-corrected chi connectivity index (χ2v) is 6.32. The number of hydrogen-bond donors (Lipinski definition) is 3. The summed E-state index contributed by atoms with van der Waals surface area (Å²) >= 11 is 5.83. The molecule has 1 atom stereocenters. The van der Waals surface area contributed by atoms with Gasteiger partial charge in [-0.25, -0.2) is 14.8 Å². The Labute approximate surface area is 140 Å². The first-order valence-corrected chi connectivity index (χ1v) is 8.14. The third-order valence-electron chi connectivity index (χ3n) is 3.17. The van der Waals surface area contributed by atoms with Crippen LogP contribution >= 0.6 is 24.0 Å². The van der Waals surface area contributed by atoms with Gasteiger partial charge < -0.3 is 5.11 Å². The molecule has 3 rings (SSSR count). The van der Waals surface area contributed by atoms with Gasteiger partial charge in [0.1, 0.15) is 16.2 Å². The van der Waals surface area contributed by atoms with Gasteiger partial charge in [0.25, 0.3) is 0 Å². The van der Waals surface area contributed by atoms with Crippen molar-refractivity contribution in [1.82, 2.24) is 30.6 Å². The summed E-state index contributed by atoms with van der Waals surface area (Å²) in [7, 11) is 0. The fourth-order valence-electron chi connectivity index (χ4n) is 2.05. The smallest absolute Gasteiger partial charge is 0.413 e. The van der Waals surface area contributed by atoms with E-state index in [1.807, 2.05) is 0 Å². The standard InChI is InChI=1S/C12H13N7O2S2/c20-12(21)19(5-7(22)1-3-9-15-17-18-16-9)10-4-2-8-11(14-10)23-6-13-8/h2,4,6-7,22H,1,3,5H2,(H,20,21)(H,15,16,17,18). The second-order valence-electron chi connectivity index (χ2n) is 4.76. The third kappa shape index (κ3) is 3.74. The summed E-state index contributed by atoms with van der Waals surface area (Å²) in [5.41, 5.74) is 2.43. The fraction of sp³-hybridized carbons (Fsp3) is 0.333. The molecule has 0 saturated carbocycles. The number of tetrazole rings is 1. The Hall–Kier alpha value is -2.27. The van der Waals surface area contributed by atoms with Crippen LogP contribution in [0.4, 0.5) is 10.6 Å². The lowest BCUT2D eigenvalue weighted by molar-refractivity contribution is 0.201. The summed E-state index contributed by atoms with van der Waals surface area (Å²) in [4.78, 5) is 21.9. The molecule has 0 aliphatic carbocycles. The Morgan fingerprint density at radius 2 is 2.35 bits per heavy atom. The van der Waals surface area contributed by atoms with Gasteiger partial charge in [-0.15, -0.1) is 21.5 Å². The average molecular weight is 351 g/mol. The first-order chi connectivity index (χ1) is 11.1. The zero-order valence-corrected chi connectivity index (χ0v) is 13.5. The first kappa shape index (κ1) is 15.6. The summed E-state index contributed by atoms with van der Waals surface area (Å²) in [6, 6.07) is 3.41. The highest BCUT2D eigenvalue weighted by Crippen LogP contribution is 2.21. The van der Waals surface area contributed by atoms with Crippen molar-refractivity contribution >= 4 is 46.2 Å². The number of amides is 1. The molecule has 3 heterocycles. The van der Waals surface area contributed by atoms with E-state index in [0.29, 0.717) is 29.3 Å². The number of hydrogen-bond acceptors (Lipinski definition) is 8. The highest BCUT2D eigenvalue weighted by atomic mass is 32.1. The van der Waals surface area contributed by atoms with E-state index < -0.39 is 6.09 Å². The van der Waals surface area contributed by atoms with Crippen LogP contribution in [0.3, 0.4) is 0 Å². The van der Waals surface area contributed by atoms with Gasteiger partial charge in [-0.1, -0.05) is 5.21 Å². The lowest BCUT2D eigenvalue weighted by atomic mass is 10.2. The van der Waals surface area contributed by atoms with Gasteiger partial charge >= 0.3 is 6.09 Å². The molecule has 3 aromatic heterocycles. The van der Waals surface area contributed by atoms with Gasteiger partial charge in [-0.2, -0.15) is 17.8 Å². The summed E-state index contributed by atoms with van der Waals surface area (Å²) in [5, 5.41) is 22.9. The molecule has 0 aromatic carbocycles. The number of carboxylic acid groups (broad SMARTS) is 1. The van der Waals surface area contributed by atoms with Crippen LogP contribution in [0.15, 0.2) is 17.6 Å². The predicted molar refractivity (Wildman–Crippen MR) is 88.1 cm³/mol. The molecule has 0 aliphatic heterocycles. The quantitative estimate of drug-likeness (QED) is 0.577. The average Bonchev–Trinajstić information content (AvgIpc) is 3.20. The lowest BCUT2D eigenvalue weighted by Gasteiger charge is -2.21. The Morgan fingerprint density at radius 3 is 3.09 bits per heavy atom. The van der Waals surface area contributed by atoms with Crippen LogP contribution in [0.25, 0.3) is 10.3 Å². The van der Waals surface area contributed by atoms with Crippen LogP contribution in [0.5, 0.6) is 0 Å². The van der Waals surface area contributed by atoms with Crippen molar-refractivity contribution in [2.24, 2.45) is 0 Å². The van der Waals surface area contributed by atoms with Crippen molar-refractivity contribution in [3.8, 4) is 0 Å². The van der Waals surface area contributed by atoms with Gasteiger partial charge in [0.05, 0.1) is 5.51 Å². The van der Waals surface area contributed by atoms with E-state index in [1.165, 1.54) is 16.2 Å². The maximum atomic E-state index is 11.5. The maximum absolute atomic E-state index is 11.5. The van der Waals surface area contributed by atoms with Gasteiger partial charge in [0, 0.05) is 18.2 Å². The van der Waals surface area contributed by atoms with Crippen LogP contribution in [-0.2, 0) is 6.42 Å². The van der Waals surface area contributed by atoms with Crippen molar-refractivity contribution in [3.63, 3.8) is 0 Å². The normalized spacial score (nSPS) is 12.4. The SMILES string of the molecule is O=C(O)N(CC(S)CCc1nn[nH]n1)c1ccc2ncsc2n1. The number of rotatable bonds is 6. The molecule has 0 aliphatic rings. The largest absolute Gasteiger partial charge is 0.465 e. The molecule has 120 valence electrons. The molecule has 0 spiro atoms. The van der Waals surface area contributed by atoms with Crippen molar-refractivity contribution in [2.75, 3.05) is 11.4 Å². The number of pyridine rings is 1. The molecule has 0 radical (unpaired) electrons. The Bertz CT molecular complexity index is 792. The number of thiazole rings is 1. The number of anilines is 1. The molecule has 0 saturated heterocycles. The number of thiol groups is 1. The summed E-state index contributed by atoms with van der Waals surface area (Å²) in [6.07, 6.45) is 0.120. The van der Waals surface area contributed by atoms with Crippen LogP contribution < -0.4 is 4.90 Å². The van der Waals surface area contributed by atoms with E-state index in [0.717, 1.165) is 5.52 Å². The summed E-state index contributed by atoms with van der Waals surface area (Å²) in [5.74, 6) is 0.947. The molecular weight excluding hydrogens is 338 g/mol.